The van der Waals surface area contributed by atoms with E-state index in [1.54, 1.807) is 19.4 Å². The van der Waals surface area contributed by atoms with Crippen LogP contribution in [0, 0.1) is 35.9 Å². The number of halogens is 4. The summed E-state index contributed by atoms with van der Waals surface area (Å²) in [5.41, 5.74) is 17.1. The number of carbonyl (C=O) groups is 4. The molecule has 0 spiro atoms. The molecule has 0 saturated carbocycles. The number of ether oxygens (including phenoxy) is 3. The van der Waals surface area contributed by atoms with Crippen molar-refractivity contribution in [2.45, 2.75) is 305 Å². The number of carboxylic acid groups (broad SMARTS) is 1. The summed E-state index contributed by atoms with van der Waals surface area (Å²) in [6, 6.07) is 51.2. The van der Waals surface area contributed by atoms with Gasteiger partial charge in [-0.1, -0.05) is 235 Å². The second-order valence-electron chi connectivity index (χ2n) is 41.9. The summed E-state index contributed by atoms with van der Waals surface area (Å²) in [5.74, 6) is 1.63. The second kappa shape index (κ2) is 51.1. The van der Waals surface area contributed by atoms with Gasteiger partial charge in [-0.05, 0) is 203 Å². The zero-order valence-corrected chi connectivity index (χ0v) is 89.5. The van der Waals surface area contributed by atoms with Gasteiger partial charge in [0.15, 0.2) is 0 Å². The second-order valence-corrected chi connectivity index (χ2v) is 47.9. The molecule has 30 nitrogen and oxygen atoms in total. The molecule has 11 heterocycles. The largest absolute Gasteiger partial charge is 0.490 e. The van der Waals surface area contributed by atoms with E-state index in [0.717, 1.165) is 124 Å². The molecule has 5 aromatic carbocycles. The fourth-order valence-electron chi connectivity index (χ4n) is 17.9. The minimum atomic E-state index is -5.08. The van der Waals surface area contributed by atoms with Crippen LogP contribution in [0.3, 0.4) is 0 Å². The molecule has 4 fully saturated rings. The van der Waals surface area contributed by atoms with Crippen LogP contribution in [0.5, 0.6) is 0 Å². The molecule has 5 N–H and O–H groups in total. The summed E-state index contributed by atoms with van der Waals surface area (Å²) < 4.78 is 66.4. The topological polar surface area (TPSA) is 355 Å². The smallest absolute Gasteiger partial charge is 0.475 e. The van der Waals surface area contributed by atoms with Crippen LogP contribution in [0.2, 0.25) is 16.6 Å². The highest BCUT2D eigenvalue weighted by molar-refractivity contribution is 6.90. The van der Waals surface area contributed by atoms with Crippen molar-refractivity contribution in [3.05, 3.63) is 173 Å². The number of carboxylic acids is 1. The highest BCUT2D eigenvalue weighted by Crippen LogP contribution is 2.42. The Morgan fingerprint density at radius 2 is 0.832 bits per heavy atom. The molecule has 12 aromatic rings. The van der Waals surface area contributed by atoms with Crippen LogP contribution in [0.25, 0.3) is 66.3 Å². The van der Waals surface area contributed by atoms with Crippen molar-refractivity contribution in [1.82, 2.24) is 79.6 Å². The maximum atomic E-state index is 12.3. The van der Waals surface area contributed by atoms with E-state index in [4.69, 9.17) is 76.9 Å². The van der Waals surface area contributed by atoms with Crippen LogP contribution in [0.15, 0.2) is 153 Å². The standard InChI is InChI=1S/C23H30N4O3.C21H32N2Si.C18H22N4O.C12H12N2.C11H19ClN2O3.C11H20N2O3.C10H12N2.C2HF3O2/c1-15(2)21-17-8-6-7-9-19(17)27(24-21)20-14-18(25-30-20)16-10-12-26(13-11-16)22(28)29-23(3,4)5;1-15(2)21-19-11-9-10-12-20(19)23(22-21)13-14-24(16(3)4,17(5)6)18(7)8;1-12(2)18-14-5-3-4-6-16(14)22(20-18)17-11-15(21-23-17)13-7-9-19-10-8-13;1-4-14-11-8-6-5-7-10(11)12(13-14)9(2)3;1-11(2,3)17-10(15)14-6-4-8(5-7-14)9(12)13-16;1-11(2,3)16-10(14)13-6-4-9(5-7-13)8-12-15;1-7(2)10-8-5-3-4-6-9(8)11-12-10;3-2(4,5)1(6)7/h6-9,14-16H,10-13H2,1-5H3;9-12,15-18H,1-8H3;3-6,11-13,19H,7-10H2,1-2H3;1,5-9H,2-3H3;8,16H,4-7H2,1-3H3;8-9,15H,4-7H2,1-3H3;3-7H,1-2H3,(H,11,12);(H,6,7). The summed E-state index contributed by atoms with van der Waals surface area (Å²) in [6.45, 7) is 58.3. The number of aromatic amines is 1. The van der Waals surface area contributed by atoms with Gasteiger partial charge in [-0.15, -0.1) is 10.7 Å². The van der Waals surface area contributed by atoms with Gasteiger partial charge in [-0.2, -0.15) is 57.4 Å². The molecule has 0 unspecified atom stereocenters. The Labute approximate surface area is 844 Å². The van der Waals surface area contributed by atoms with Crippen molar-refractivity contribution in [3.8, 4) is 35.8 Å². The van der Waals surface area contributed by atoms with Crippen LogP contribution in [-0.4, -0.2) is 209 Å². The first-order valence-electron chi connectivity index (χ1n) is 49.7. The molecule has 35 heteroatoms. The first-order chi connectivity index (χ1) is 67.4. The maximum absolute atomic E-state index is 12.3. The van der Waals surface area contributed by atoms with Gasteiger partial charge in [0.1, 0.15) is 30.0 Å². The Morgan fingerprint density at radius 3 is 1.20 bits per heavy atom. The lowest BCUT2D eigenvalue weighted by atomic mass is 9.94. The number of hydrogen-bond acceptors (Lipinski definition) is 21. The molecule has 3 amide bonds. The highest BCUT2D eigenvalue weighted by atomic mass is 35.5. The number of terminal acetylenes is 1. The first-order valence-corrected chi connectivity index (χ1v) is 52.3. The molecule has 0 bridgehead atoms. The van der Waals surface area contributed by atoms with E-state index in [9.17, 15) is 27.6 Å². The van der Waals surface area contributed by atoms with Crippen molar-refractivity contribution < 1.29 is 71.1 Å². The molecule has 0 aliphatic carbocycles. The molecule has 4 saturated heterocycles. The number of likely N-dealkylation sites (tertiary alicyclic amines) is 3. The number of carbonyl (C=O) groups excluding carboxylic acids is 3. The lowest BCUT2D eigenvalue weighted by Crippen LogP contribution is -2.43. The SMILES string of the molecule is C#Cn1nc(C(C)C)c2ccccc21.CC(C)(C)OC(=O)N1CCC(C(Cl)=NO)CC1.CC(C)(C)OC(=O)N1CCC(C=NO)CC1.CC(C)c1[nH]nc2ccccc12.CC(C)c1nn(-c2cc(C3CCN(C(=O)OC(C)(C)C)CC3)no2)c2ccccc12.CC(C)c1nn(-c2cc(C3CCNCC3)no2)c2ccccc12.CC(C)c1nn(C#C[Si](C(C)C)(C(C)C)C(C)C)c2ccccc12.O=C(O)C(F)(F)F. The van der Waals surface area contributed by atoms with Gasteiger partial charge in [0.05, 0.1) is 61.7 Å². The molecular weight excluding hydrogens is 1860 g/mol. The van der Waals surface area contributed by atoms with Crippen LogP contribution in [-0.2, 0) is 19.0 Å². The van der Waals surface area contributed by atoms with E-state index in [2.05, 4.69) is 242 Å². The summed E-state index contributed by atoms with van der Waals surface area (Å²) in [7, 11) is -1.74. The minimum absolute atomic E-state index is 0.0420. The van der Waals surface area contributed by atoms with E-state index >= 15 is 0 Å². The predicted octanol–water partition coefficient (Wildman–Crippen LogP) is 25.7. The summed E-state index contributed by atoms with van der Waals surface area (Å²) in [5, 5.41) is 74.4. The molecule has 143 heavy (non-hydrogen) atoms. The number of amides is 3. The van der Waals surface area contributed by atoms with Crippen LogP contribution < -0.4 is 5.32 Å². The molecular formula is C108H148ClF3N18O12Si. The number of piperidine rings is 4. The lowest BCUT2D eigenvalue weighted by molar-refractivity contribution is -0.192. The van der Waals surface area contributed by atoms with Gasteiger partial charge in [0, 0.05) is 126 Å². The minimum Gasteiger partial charge on any atom is -0.475 e. The molecule has 16 rings (SSSR count). The van der Waals surface area contributed by atoms with Crippen molar-refractivity contribution in [2.24, 2.45) is 22.1 Å². The fourth-order valence-corrected chi connectivity index (χ4v) is 23.3. The monoisotopic (exact) mass is 2010 g/mol. The zero-order chi connectivity index (χ0) is 105. The Kier molecular flexibility index (Phi) is 40.8. The number of rotatable bonds is 14. The number of benzene rings is 5. The van der Waals surface area contributed by atoms with Gasteiger partial charge in [0.25, 0.3) is 11.8 Å². The first kappa shape index (κ1) is 114. The highest BCUT2D eigenvalue weighted by Gasteiger charge is 2.43. The van der Waals surface area contributed by atoms with Gasteiger partial charge in [-0.25, -0.2) is 19.2 Å². The van der Waals surface area contributed by atoms with Gasteiger partial charge >= 0.3 is 30.4 Å². The summed E-state index contributed by atoms with van der Waals surface area (Å²) in [4.78, 5) is 49.8. The van der Waals surface area contributed by atoms with Gasteiger partial charge < -0.3 is 58.8 Å². The zero-order valence-electron chi connectivity index (χ0n) is 87.8. The van der Waals surface area contributed by atoms with E-state index in [0.29, 0.717) is 116 Å². The maximum Gasteiger partial charge on any atom is 0.490 e. The van der Waals surface area contributed by atoms with Crippen LogP contribution >= 0.6 is 11.6 Å². The number of alkyl halides is 3. The van der Waals surface area contributed by atoms with Crippen LogP contribution in [0.1, 0.15) is 306 Å². The predicted molar refractivity (Wildman–Crippen MR) is 561 cm³/mol. The number of nitrogens with one attached hydrogen (secondary N) is 2. The molecule has 774 valence electrons. The number of aliphatic carboxylic acids is 1. The number of H-pyrrole nitrogens is 1. The van der Waals surface area contributed by atoms with E-state index < -0.39 is 37.0 Å². The number of hydrogen-bond donors (Lipinski definition) is 5. The van der Waals surface area contributed by atoms with Crippen molar-refractivity contribution in [2.75, 3.05) is 52.4 Å². The quantitative estimate of drug-likeness (QED) is 0.0169. The van der Waals surface area contributed by atoms with E-state index in [1.165, 1.54) is 28.1 Å². The molecule has 0 radical (unpaired) electrons. The Balaban J connectivity index is 0.000000187. The summed E-state index contributed by atoms with van der Waals surface area (Å²) in [6.07, 6.45) is 7.97. The van der Waals surface area contributed by atoms with Crippen molar-refractivity contribution >= 4 is 110 Å². The fraction of sp³-hybridized carbons (Fsp3) is 0.528. The van der Waals surface area contributed by atoms with Crippen molar-refractivity contribution in [1.29, 1.82) is 0 Å². The molecule has 4 aliphatic rings. The third-order valence-corrected chi connectivity index (χ3v) is 31.8. The van der Waals surface area contributed by atoms with Crippen molar-refractivity contribution in [3.63, 3.8) is 0 Å². The van der Waals surface area contributed by atoms with E-state index in [-0.39, 0.29) is 41.2 Å². The van der Waals surface area contributed by atoms with Gasteiger partial charge in [0.2, 0.25) is 0 Å². The third-order valence-electron chi connectivity index (χ3n) is 25.1. The number of para-hydroxylation sites is 5. The number of nitrogens with zero attached hydrogens (tertiary/aromatic N) is 16. The normalized spacial score (nSPS) is 15.0. The Morgan fingerprint density at radius 1 is 0.490 bits per heavy atom. The number of oxime groups is 2. The molecule has 4 aliphatic heterocycles. The Bertz CT molecular complexity index is 6280. The average Bonchev–Trinajstić information content (AvgIpc) is 1.64. The van der Waals surface area contributed by atoms with E-state index in [1.807, 2.05) is 137 Å². The summed E-state index contributed by atoms with van der Waals surface area (Å²) >= 11 is 5.74. The molecule has 0 atom stereocenters. The average molecular weight is 2010 g/mol. The molecule has 7 aromatic heterocycles. The van der Waals surface area contributed by atoms with Crippen LogP contribution in [0.4, 0.5) is 27.6 Å². The lowest BCUT2D eigenvalue weighted by Gasteiger charge is -2.37. The third kappa shape index (κ3) is 31.2. The number of aromatic nitrogens is 12. The van der Waals surface area contributed by atoms with Gasteiger partial charge in [-0.3, -0.25) is 5.10 Å². The Hall–Kier alpha value is -12.5. The number of fused-ring (bicyclic) bond motifs is 5.